The number of nitrogens with one attached hydrogen (secondary N) is 1. The Bertz CT molecular complexity index is 752. The molecule has 10 nitrogen and oxygen atoms in total. The van der Waals surface area contributed by atoms with E-state index in [1.54, 1.807) is 30.3 Å². The number of aliphatic hydroxyl groups is 1. The Morgan fingerprint density at radius 1 is 1.27 bits per heavy atom. The van der Waals surface area contributed by atoms with Gasteiger partial charge in [0.25, 0.3) is 11.8 Å². The molecule has 1 unspecified atom stereocenters. The van der Waals surface area contributed by atoms with E-state index in [0.717, 1.165) is 0 Å². The maximum atomic E-state index is 12.5. The van der Waals surface area contributed by atoms with E-state index in [-0.39, 0.29) is 19.4 Å². The van der Waals surface area contributed by atoms with Gasteiger partial charge in [0, 0.05) is 6.42 Å². The van der Waals surface area contributed by atoms with Gasteiger partial charge in [-0.05, 0) is 5.56 Å². The second-order valence-electron chi connectivity index (χ2n) is 5.87. The van der Waals surface area contributed by atoms with Crippen molar-refractivity contribution >= 4 is 23.8 Å². The highest BCUT2D eigenvalue weighted by atomic mass is 16.7. The van der Waals surface area contributed by atoms with Crippen molar-refractivity contribution in [3.63, 3.8) is 0 Å². The summed E-state index contributed by atoms with van der Waals surface area (Å²) >= 11 is 0. The molecule has 3 atom stereocenters. The number of benzene rings is 1. The molecule has 26 heavy (non-hydrogen) atoms. The average Bonchev–Trinajstić information content (AvgIpc) is 3.19. The van der Waals surface area contributed by atoms with Crippen molar-refractivity contribution in [2.45, 2.75) is 30.7 Å². The number of hydrogen-bond donors (Lipinski definition) is 3. The predicted molar refractivity (Wildman–Crippen MR) is 81.8 cm³/mol. The van der Waals surface area contributed by atoms with Crippen LogP contribution in [0.25, 0.3) is 0 Å². The standard InChI is InChI=1S/C16H16N2O8/c19-11-6-7-16(26-11,15(23)24)18-14(22)10(8-25-18)17-13(21)12(20)9-4-2-1-3-5-9/h1-5,10,12,20H,6-8H2,(H,17,21)(H,23,24)/t10-,12+,16?/m0/s1. The number of carboxylic acids is 1. The third-order valence-corrected chi connectivity index (χ3v) is 4.16. The van der Waals surface area contributed by atoms with Crippen LogP contribution in [0.2, 0.25) is 0 Å². The molecule has 138 valence electrons. The number of amides is 2. The van der Waals surface area contributed by atoms with Gasteiger partial charge in [-0.2, -0.15) is 5.06 Å². The van der Waals surface area contributed by atoms with Crippen LogP contribution in [0.4, 0.5) is 0 Å². The highest BCUT2D eigenvalue weighted by molar-refractivity contribution is 5.94. The van der Waals surface area contributed by atoms with Crippen molar-refractivity contribution in [1.82, 2.24) is 10.4 Å². The molecule has 2 aliphatic heterocycles. The first-order valence-corrected chi connectivity index (χ1v) is 7.81. The Balaban J connectivity index is 1.70. The van der Waals surface area contributed by atoms with Crippen molar-refractivity contribution in [3.8, 4) is 0 Å². The Hall–Kier alpha value is -2.98. The SMILES string of the molecule is O=C1CCC(C(=O)O)(N2OC[C@H](NC(=O)[C@H](O)c3ccccc3)C2=O)O1. The van der Waals surface area contributed by atoms with Crippen molar-refractivity contribution < 1.29 is 39.0 Å². The van der Waals surface area contributed by atoms with E-state index in [9.17, 15) is 29.4 Å². The second kappa shape index (κ2) is 6.73. The van der Waals surface area contributed by atoms with Gasteiger partial charge in [-0.15, -0.1) is 0 Å². The summed E-state index contributed by atoms with van der Waals surface area (Å²) in [5, 5.41) is 22.2. The van der Waals surface area contributed by atoms with Crippen molar-refractivity contribution in [3.05, 3.63) is 35.9 Å². The van der Waals surface area contributed by atoms with Crippen molar-refractivity contribution in [2.24, 2.45) is 0 Å². The van der Waals surface area contributed by atoms with Crippen LogP contribution in [0.5, 0.6) is 0 Å². The fourth-order valence-electron chi connectivity index (χ4n) is 2.79. The predicted octanol–water partition coefficient (Wildman–Crippen LogP) is -0.903. The van der Waals surface area contributed by atoms with Gasteiger partial charge in [-0.25, -0.2) is 4.79 Å². The molecular formula is C16H16N2O8. The van der Waals surface area contributed by atoms with Gasteiger partial charge in [-0.3, -0.25) is 19.2 Å². The zero-order valence-corrected chi connectivity index (χ0v) is 13.5. The maximum absolute atomic E-state index is 12.5. The summed E-state index contributed by atoms with van der Waals surface area (Å²) in [6, 6.07) is 6.87. The van der Waals surface area contributed by atoms with E-state index < -0.39 is 41.6 Å². The minimum atomic E-state index is -2.24. The summed E-state index contributed by atoms with van der Waals surface area (Å²) < 4.78 is 4.81. The molecule has 10 heteroatoms. The number of rotatable bonds is 5. The van der Waals surface area contributed by atoms with Gasteiger partial charge >= 0.3 is 17.7 Å². The summed E-state index contributed by atoms with van der Waals surface area (Å²) in [6.45, 7) is -0.349. The van der Waals surface area contributed by atoms with Crippen LogP contribution in [0.15, 0.2) is 30.3 Å². The molecule has 2 heterocycles. The number of carbonyl (C=O) groups is 4. The molecule has 2 saturated heterocycles. The van der Waals surface area contributed by atoms with Crippen LogP contribution in [0, 0.1) is 0 Å². The number of ether oxygens (including phenoxy) is 1. The van der Waals surface area contributed by atoms with E-state index >= 15 is 0 Å². The van der Waals surface area contributed by atoms with Gasteiger partial charge < -0.3 is 20.3 Å². The first-order chi connectivity index (χ1) is 12.3. The van der Waals surface area contributed by atoms with Crippen LogP contribution in [-0.2, 0) is 28.8 Å². The lowest BCUT2D eigenvalue weighted by Gasteiger charge is -2.30. The van der Waals surface area contributed by atoms with Crippen LogP contribution in [0.1, 0.15) is 24.5 Å². The lowest BCUT2D eigenvalue weighted by atomic mass is 10.1. The molecular weight excluding hydrogens is 348 g/mol. The zero-order chi connectivity index (χ0) is 18.9. The Morgan fingerprint density at radius 3 is 2.54 bits per heavy atom. The summed E-state index contributed by atoms with van der Waals surface area (Å²) in [7, 11) is 0. The maximum Gasteiger partial charge on any atom is 0.372 e. The monoisotopic (exact) mass is 364 g/mol. The quantitative estimate of drug-likeness (QED) is 0.570. The minimum Gasteiger partial charge on any atom is -0.477 e. The molecule has 0 spiro atoms. The van der Waals surface area contributed by atoms with E-state index in [4.69, 9.17) is 9.57 Å². The molecule has 2 amide bonds. The van der Waals surface area contributed by atoms with Crippen molar-refractivity contribution in [1.29, 1.82) is 0 Å². The number of aliphatic carboxylic acids is 1. The van der Waals surface area contributed by atoms with Gasteiger partial charge in [0.2, 0.25) is 0 Å². The molecule has 1 aromatic rings. The summed E-state index contributed by atoms with van der Waals surface area (Å²) in [4.78, 5) is 52.6. The van der Waals surface area contributed by atoms with Crippen LogP contribution in [-0.4, -0.2) is 57.4 Å². The highest BCUT2D eigenvalue weighted by Gasteiger charge is 2.59. The van der Waals surface area contributed by atoms with Gasteiger partial charge in [-0.1, -0.05) is 30.3 Å². The molecule has 3 rings (SSSR count). The lowest BCUT2D eigenvalue weighted by molar-refractivity contribution is -0.256. The van der Waals surface area contributed by atoms with Gasteiger partial charge in [0.05, 0.1) is 6.42 Å². The minimum absolute atomic E-state index is 0.177. The summed E-state index contributed by atoms with van der Waals surface area (Å²) in [5.41, 5.74) is -1.91. The molecule has 0 aliphatic carbocycles. The largest absolute Gasteiger partial charge is 0.477 e. The van der Waals surface area contributed by atoms with Crippen molar-refractivity contribution in [2.75, 3.05) is 6.61 Å². The Morgan fingerprint density at radius 2 is 1.96 bits per heavy atom. The van der Waals surface area contributed by atoms with Crippen LogP contribution in [0.3, 0.4) is 0 Å². The first kappa shape index (κ1) is 17.8. The van der Waals surface area contributed by atoms with Crippen LogP contribution < -0.4 is 5.32 Å². The Kier molecular flexibility index (Phi) is 4.62. The molecule has 3 N–H and O–H groups in total. The number of hydrogen-bond acceptors (Lipinski definition) is 7. The lowest BCUT2D eigenvalue weighted by Crippen LogP contribution is -2.56. The summed E-state index contributed by atoms with van der Waals surface area (Å²) in [6.07, 6.45) is -1.94. The topological polar surface area (TPSA) is 142 Å². The molecule has 0 aromatic heterocycles. The van der Waals surface area contributed by atoms with E-state index in [1.165, 1.54) is 0 Å². The number of carboxylic acid groups (broad SMARTS) is 1. The number of hydroxylamine groups is 2. The third-order valence-electron chi connectivity index (χ3n) is 4.16. The number of nitrogens with zero attached hydrogens (tertiary/aromatic N) is 1. The van der Waals surface area contributed by atoms with Gasteiger partial charge in [0.15, 0.2) is 6.10 Å². The second-order valence-corrected chi connectivity index (χ2v) is 5.87. The molecule has 2 aliphatic rings. The van der Waals surface area contributed by atoms with Crippen LogP contribution >= 0.6 is 0 Å². The summed E-state index contributed by atoms with van der Waals surface area (Å²) in [5.74, 6) is -4.03. The smallest absolute Gasteiger partial charge is 0.372 e. The molecule has 1 aromatic carbocycles. The fourth-order valence-corrected chi connectivity index (χ4v) is 2.79. The average molecular weight is 364 g/mol. The molecule has 0 bridgehead atoms. The molecule has 2 fully saturated rings. The molecule has 0 saturated carbocycles. The fraction of sp³-hybridized carbons (Fsp3) is 0.375. The molecule has 0 radical (unpaired) electrons. The first-order valence-electron chi connectivity index (χ1n) is 7.81. The zero-order valence-electron chi connectivity index (χ0n) is 13.5. The number of carbonyl (C=O) groups excluding carboxylic acids is 3. The number of cyclic esters (lactones) is 1. The number of aliphatic hydroxyl groups excluding tert-OH is 1. The van der Waals surface area contributed by atoms with E-state index in [1.807, 2.05) is 0 Å². The van der Waals surface area contributed by atoms with Gasteiger partial charge in [0.1, 0.15) is 12.6 Å². The Labute approximate surface area is 147 Å². The highest BCUT2D eigenvalue weighted by Crippen LogP contribution is 2.34. The normalized spacial score (nSPS) is 26.5. The number of esters is 1. The van der Waals surface area contributed by atoms with E-state index in [2.05, 4.69) is 5.32 Å². The third kappa shape index (κ3) is 3.00. The van der Waals surface area contributed by atoms with E-state index in [0.29, 0.717) is 10.6 Å².